The van der Waals surface area contributed by atoms with Gasteiger partial charge in [0.2, 0.25) is 0 Å². The van der Waals surface area contributed by atoms with Crippen molar-refractivity contribution in [2.75, 3.05) is 26.0 Å². The molecule has 116 valence electrons. The molecule has 0 aliphatic heterocycles. The summed E-state index contributed by atoms with van der Waals surface area (Å²) in [5.74, 6) is -0.243. The number of nitro benzene ring substituents is 1. The number of ether oxygens (including phenoxy) is 1. The van der Waals surface area contributed by atoms with E-state index in [1.54, 1.807) is 4.90 Å². The van der Waals surface area contributed by atoms with E-state index in [0.29, 0.717) is 18.0 Å². The van der Waals surface area contributed by atoms with Crippen molar-refractivity contribution in [3.63, 3.8) is 0 Å². The molecule has 1 aromatic rings. The molecule has 0 aliphatic carbocycles. The average Bonchev–Trinajstić information content (AvgIpc) is 2.45. The van der Waals surface area contributed by atoms with Gasteiger partial charge in [-0.05, 0) is 26.0 Å². The molecule has 0 N–H and O–H groups in total. The second-order valence-corrected chi connectivity index (χ2v) is 5.58. The SMILES string of the molecule is CCN(CC)C(=O)COc1ccc(S(C)=O)cc1[N+](=O)[O-]. The molecule has 1 unspecified atom stereocenters. The average molecular weight is 314 g/mol. The van der Waals surface area contributed by atoms with Gasteiger partial charge in [0.25, 0.3) is 5.91 Å². The third kappa shape index (κ3) is 4.52. The van der Waals surface area contributed by atoms with Crippen LogP contribution in [-0.4, -0.2) is 45.9 Å². The largest absolute Gasteiger partial charge is 0.477 e. The maximum Gasteiger partial charge on any atom is 0.312 e. The first kappa shape index (κ1) is 17.1. The molecule has 8 heteroatoms. The number of nitro groups is 1. The highest BCUT2D eigenvalue weighted by atomic mass is 32.2. The number of benzene rings is 1. The molecule has 1 amide bonds. The summed E-state index contributed by atoms with van der Waals surface area (Å²) in [6.45, 7) is 4.52. The van der Waals surface area contributed by atoms with Crippen molar-refractivity contribution >= 4 is 22.4 Å². The third-order valence-corrected chi connectivity index (χ3v) is 3.84. The summed E-state index contributed by atoms with van der Waals surface area (Å²) in [5, 5.41) is 11.0. The molecule has 0 heterocycles. The van der Waals surface area contributed by atoms with Gasteiger partial charge in [-0.15, -0.1) is 0 Å². The molecular weight excluding hydrogens is 296 g/mol. The molecule has 21 heavy (non-hydrogen) atoms. The van der Waals surface area contributed by atoms with E-state index in [0.717, 1.165) is 0 Å². The molecule has 0 saturated heterocycles. The minimum Gasteiger partial charge on any atom is -0.477 e. The fourth-order valence-corrected chi connectivity index (χ4v) is 2.29. The summed E-state index contributed by atoms with van der Waals surface area (Å²) in [4.78, 5) is 24.1. The molecule has 0 radical (unpaired) electrons. The summed E-state index contributed by atoms with van der Waals surface area (Å²) in [5.41, 5.74) is -0.296. The summed E-state index contributed by atoms with van der Waals surface area (Å²) in [6, 6.07) is 4.05. The molecule has 7 nitrogen and oxygen atoms in total. The monoisotopic (exact) mass is 314 g/mol. The summed E-state index contributed by atoms with van der Waals surface area (Å²) < 4.78 is 16.6. The van der Waals surface area contributed by atoms with E-state index >= 15 is 0 Å². The smallest absolute Gasteiger partial charge is 0.312 e. The molecule has 1 atom stereocenters. The number of hydrogen-bond donors (Lipinski definition) is 0. The summed E-state index contributed by atoms with van der Waals surface area (Å²) in [7, 11) is -1.32. The van der Waals surface area contributed by atoms with Crippen LogP contribution in [0.2, 0.25) is 0 Å². The Balaban J connectivity index is 2.91. The number of amides is 1. The van der Waals surface area contributed by atoms with Crippen LogP contribution in [0.5, 0.6) is 5.75 Å². The number of hydrogen-bond acceptors (Lipinski definition) is 5. The Bertz CT molecular complexity index is 557. The van der Waals surface area contributed by atoms with Crippen molar-refractivity contribution in [1.82, 2.24) is 4.90 Å². The Labute approximate surface area is 125 Å². The van der Waals surface area contributed by atoms with Gasteiger partial charge in [-0.3, -0.25) is 19.1 Å². The third-order valence-electron chi connectivity index (χ3n) is 2.93. The summed E-state index contributed by atoms with van der Waals surface area (Å²) >= 11 is 0. The van der Waals surface area contributed by atoms with Crippen LogP contribution in [0.25, 0.3) is 0 Å². The van der Waals surface area contributed by atoms with E-state index in [4.69, 9.17) is 4.74 Å². The maximum atomic E-state index is 11.8. The first-order chi connectivity index (χ1) is 9.90. The van der Waals surface area contributed by atoms with Crippen LogP contribution < -0.4 is 4.74 Å². The van der Waals surface area contributed by atoms with Gasteiger partial charge in [-0.2, -0.15) is 0 Å². The van der Waals surface area contributed by atoms with Crippen molar-refractivity contribution in [3.8, 4) is 5.75 Å². The number of carbonyl (C=O) groups excluding carboxylic acids is 1. The van der Waals surface area contributed by atoms with E-state index in [1.165, 1.54) is 24.5 Å². The molecule has 0 spiro atoms. The predicted octanol–water partition coefficient (Wildman–Crippen LogP) is 1.58. The highest BCUT2D eigenvalue weighted by Gasteiger charge is 2.19. The lowest BCUT2D eigenvalue weighted by Crippen LogP contribution is -2.34. The minimum atomic E-state index is -1.32. The zero-order valence-corrected chi connectivity index (χ0v) is 13.0. The number of likely N-dealkylation sites (N-methyl/N-ethyl adjacent to an activating group) is 1. The Morgan fingerprint density at radius 2 is 2.00 bits per heavy atom. The van der Waals surface area contributed by atoms with E-state index in [1.807, 2.05) is 13.8 Å². The van der Waals surface area contributed by atoms with E-state index in [2.05, 4.69) is 0 Å². The zero-order chi connectivity index (χ0) is 16.0. The second kappa shape index (κ2) is 7.72. The molecule has 1 rings (SSSR count). The van der Waals surface area contributed by atoms with Crippen LogP contribution in [0, 0.1) is 10.1 Å². The fourth-order valence-electron chi connectivity index (χ4n) is 1.75. The summed E-state index contributed by atoms with van der Waals surface area (Å²) in [6.07, 6.45) is 1.43. The maximum absolute atomic E-state index is 11.8. The quantitative estimate of drug-likeness (QED) is 0.563. The van der Waals surface area contributed by atoms with Crippen molar-refractivity contribution in [3.05, 3.63) is 28.3 Å². The van der Waals surface area contributed by atoms with Gasteiger partial charge >= 0.3 is 5.69 Å². The molecule has 0 fully saturated rings. The van der Waals surface area contributed by atoms with E-state index in [-0.39, 0.29) is 24.0 Å². The van der Waals surface area contributed by atoms with E-state index < -0.39 is 15.7 Å². The van der Waals surface area contributed by atoms with Crippen LogP contribution >= 0.6 is 0 Å². The Kier molecular flexibility index (Phi) is 6.29. The highest BCUT2D eigenvalue weighted by Crippen LogP contribution is 2.29. The van der Waals surface area contributed by atoms with Gasteiger partial charge in [0.05, 0.1) is 15.7 Å². The van der Waals surface area contributed by atoms with Crippen molar-refractivity contribution in [2.45, 2.75) is 18.7 Å². The lowest BCUT2D eigenvalue weighted by Gasteiger charge is -2.18. The normalized spacial score (nSPS) is 11.8. The van der Waals surface area contributed by atoms with Crippen LogP contribution in [0.15, 0.2) is 23.1 Å². The van der Waals surface area contributed by atoms with Crippen molar-refractivity contribution < 1.29 is 18.7 Å². The van der Waals surface area contributed by atoms with E-state index in [9.17, 15) is 19.1 Å². The first-order valence-electron chi connectivity index (χ1n) is 6.43. The van der Waals surface area contributed by atoms with Gasteiger partial charge in [-0.25, -0.2) is 0 Å². The minimum absolute atomic E-state index is 0.00490. The van der Waals surface area contributed by atoms with Crippen LogP contribution in [0.4, 0.5) is 5.69 Å². The van der Waals surface area contributed by atoms with Crippen LogP contribution in [-0.2, 0) is 15.6 Å². The lowest BCUT2D eigenvalue weighted by molar-refractivity contribution is -0.386. The lowest BCUT2D eigenvalue weighted by atomic mass is 10.3. The predicted molar refractivity (Wildman–Crippen MR) is 78.9 cm³/mol. The standard InChI is InChI=1S/C13H18N2O5S/c1-4-14(5-2)13(16)9-20-12-7-6-10(21(3)19)8-11(12)15(17)18/h6-8H,4-5,9H2,1-3H3. The molecule has 1 aromatic carbocycles. The molecule has 0 aliphatic rings. The number of carbonyl (C=O) groups is 1. The second-order valence-electron chi connectivity index (χ2n) is 4.20. The first-order valence-corrected chi connectivity index (χ1v) is 7.98. The zero-order valence-electron chi connectivity index (χ0n) is 12.2. The molecule has 0 saturated carbocycles. The van der Waals surface area contributed by atoms with Crippen molar-refractivity contribution in [1.29, 1.82) is 0 Å². The molecular formula is C13H18N2O5S. The number of nitrogens with zero attached hydrogens (tertiary/aromatic N) is 2. The topological polar surface area (TPSA) is 89.8 Å². The van der Waals surface area contributed by atoms with Crippen LogP contribution in [0.1, 0.15) is 13.8 Å². The molecule has 0 bridgehead atoms. The Morgan fingerprint density at radius 3 is 2.48 bits per heavy atom. The Hall–Kier alpha value is -1.96. The van der Waals surface area contributed by atoms with Gasteiger partial charge in [0, 0.05) is 30.3 Å². The number of rotatable bonds is 7. The van der Waals surface area contributed by atoms with Gasteiger partial charge in [0.1, 0.15) is 0 Å². The highest BCUT2D eigenvalue weighted by molar-refractivity contribution is 7.84. The Morgan fingerprint density at radius 1 is 1.38 bits per heavy atom. The van der Waals surface area contributed by atoms with Gasteiger partial charge < -0.3 is 9.64 Å². The molecule has 0 aromatic heterocycles. The van der Waals surface area contributed by atoms with Gasteiger partial charge in [-0.1, -0.05) is 0 Å². The van der Waals surface area contributed by atoms with Crippen LogP contribution in [0.3, 0.4) is 0 Å². The van der Waals surface area contributed by atoms with Crippen molar-refractivity contribution in [2.24, 2.45) is 0 Å². The fraction of sp³-hybridized carbons (Fsp3) is 0.462. The van der Waals surface area contributed by atoms with Gasteiger partial charge in [0.15, 0.2) is 12.4 Å².